The number of para-hydroxylation sites is 1. The first kappa shape index (κ1) is 22.0. The Morgan fingerprint density at radius 2 is 1.67 bits per heavy atom. The Hall–Kier alpha value is -2.73. The van der Waals surface area contributed by atoms with E-state index in [1.54, 1.807) is 23.4 Å². The fourth-order valence-electron chi connectivity index (χ4n) is 2.81. The first-order chi connectivity index (χ1) is 14.1. The Kier molecular flexibility index (Phi) is 6.56. The second kappa shape index (κ2) is 8.96. The molecule has 0 N–H and O–H groups in total. The lowest BCUT2D eigenvalue weighted by Crippen LogP contribution is -2.31. The van der Waals surface area contributed by atoms with Gasteiger partial charge in [-0.1, -0.05) is 47.7 Å². The first-order valence-corrected chi connectivity index (χ1v) is 10.7. The number of aromatic nitrogens is 2. The molecule has 3 aromatic rings. The van der Waals surface area contributed by atoms with E-state index in [0.717, 1.165) is 15.5 Å². The third kappa shape index (κ3) is 5.25. The van der Waals surface area contributed by atoms with Crippen LogP contribution in [0.2, 0.25) is 0 Å². The number of esters is 1. The number of hydrogen-bond donors (Lipinski definition) is 0. The Labute approximate surface area is 182 Å². The number of rotatable bonds is 6. The Balaban J connectivity index is 1.89. The van der Waals surface area contributed by atoms with E-state index in [4.69, 9.17) is 9.47 Å². The molecule has 2 aromatic carbocycles. The molecule has 0 unspecified atom stereocenters. The van der Waals surface area contributed by atoms with Crippen molar-refractivity contribution < 1.29 is 14.3 Å². The van der Waals surface area contributed by atoms with Crippen molar-refractivity contribution in [2.45, 2.75) is 63.0 Å². The minimum atomic E-state index is -0.756. The van der Waals surface area contributed by atoms with E-state index < -0.39 is 12.1 Å². The molecule has 1 aromatic heterocycles. The predicted octanol–water partition coefficient (Wildman–Crippen LogP) is 5.78. The van der Waals surface area contributed by atoms with E-state index in [1.165, 1.54) is 5.56 Å². The first-order valence-electron chi connectivity index (χ1n) is 9.93. The van der Waals surface area contributed by atoms with Gasteiger partial charge in [-0.2, -0.15) is 5.10 Å². The zero-order valence-electron chi connectivity index (χ0n) is 18.3. The number of benzene rings is 2. The van der Waals surface area contributed by atoms with E-state index in [-0.39, 0.29) is 5.54 Å². The fraction of sp³-hybridized carbons (Fsp3) is 0.333. The Bertz CT molecular complexity index is 1010. The van der Waals surface area contributed by atoms with Gasteiger partial charge in [0.25, 0.3) is 0 Å². The lowest BCUT2D eigenvalue weighted by atomic mass is 10.1. The van der Waals surface area contributed by atoms with Gasteiger partial charge in [-0.3, -0.25) is 0 Å². The molecule has 3 rings (SSSR count). The van der Waals surface area contributed by atoms with E-state index in [9.17, 15) is 4.79 Å². The molecule has 0 saturated carbocycles. The van der Waals surface area contributed by atoms with Gasteiger partial charge in [-0.15, -0.1) is 0 Å². The molecule has 158 valence electrons. The smallest absolute Gasteiger partial charge is 0.353 e. The van der Waals surface area contributed by atoms with Gasteiger partial charge < -0.3 is 9.47 Å². The van der Waals surface area contributed by atoms with Crippen molar-refractivity contribution in [3.63, 3.8) is 0 Å². The van der Waals surface area contributed by atoms with Crippen LogP contribution in [0.25, 0.3) is 0 Å². The van der Waals surface area contributed by atoms with E-state index in [2.05, 4.69) is 36.3 Å². The molecule has 1 heterocycles. The van der Waals surface area contributed by atoms with Crippen molar-refractivity contribution in [2.75, 3.05) is 0 Å². The summed E-state index contributed by atoms with van der Waals surface area (Å²) in [4.78, 5) is 14.7. The fourth-order valence-corrected chi connectivity index (χ4v) is 3.72. The molecule has 5 nitrogen and oxygen atoms in total. The number of carbonyl (C=O) groups is 1. The van der Waals surface area contributed by atoms with Gasteiger partial charge in [0.15, 0.2) is 6.10 Å². The predicted molar refractivity (Wildman–Crippen MR) is 119 cm³/mol. The summed E-state index contributed by atoms with van der Waals surface area (Å²) in [6.45, 7) is 11.8. The molecule has 0 spiro atoms. The lowest BCUT2D eigenvalue weighted by molar-refractivity contribution is -0.142. The zero-order chi connectivity index (χ0) is 21.9. The maximum absolute atomic E-state index is 12.9. The SMILES string of the molecule is Cc1ccc(Sc2c(C)nn(C(C)(C)C)c2OC(=O)[C@H](C)Oc2ccccc2)cc1. The lowest BCUT2D eigenvalue weighted by Gasteiger charge is -2.23. The second-order valence-corrected chi connectivity index (χ2v) is 9.30. The number of carbonyl (C=O) groups excluding carboxylic acids is 1. The standard InChI is InChI=1S/C24H28N2O3S/c1-16-12-14-20(15-13-16)30-21-17(2)25-26(24(4,5)6)22(21)29-23(27)18(3)28-19-10-8-7-9-11-19/h7-15,18H,1-6H3/t18-/m0/s1. The van der Waals surface area contributed by atoms with Gasteiger partial charge in [0.2, 0.25) is 5.88 Å². The van der Waals surface area contributed by atoms with Crippen molar-refractivity contribution in [1.29, 1.82) is 0 Å². The molecule has 30 heavy (non-hydrogen) atoms. The highest BCUT2D eigenvalue weighted by Gasteiger charge is 2.29. The maximum Gasteiger partial charge on any atom is 0.353 e. The second-order valence-electron chi connectivity index (χ2n) is 8.21. The molecule has 0 saturated heterocycles. The maximum atomic E-state index is 12.9. The third-order valence-electron chi connectivity index (χ3n) is 4.43. The summed E-state index contributed by atoms with van der Waals surface area (Å²) in [5.74, 6) is 0.603. The van der Waals surface area contributed by atoms with Crippen LogP contribution in [0.1, 0.15) is 39.0 Å². The quantitative estimate of drug-likeness (QED) is 0.470. The van der Waals surface area contributed by atoms with Crippen molar-refractivity contribution in [1.82, 2.24) is 9.78 Å². The average Bonchev–Trinajstić information content (AvgIpc) is 3.00. The van der Waals surface area contributed by atoms with Crippen LogP contribution >= 0.6 is 11.8 Å². The van der Waals surface area contributed by atoms with Crippen LogP contribution in [0.3, 0.4) is 0 Å². The van der Waals surface area contributed by atoms with Gasteiger partial charge in [-0.05, 0) is 65.8 Å². The van der Waals surface area contributed by atoms with Crippen molar-refractivity contribution >= 4 is 17.7 Å². The van der Waals surface area contributed by atoms with Crippen molar-refractivity contribution in [2.24, 2.45) is 0 Å². The van der Waals surface area contributed by atoms with Crippen LogP contribution in [0.15, 0.2) is 64.4 Å². The van der Waals surface area contributed by atoms with E-state index in [1.807, 2.05) is 58.0 Å². The van der Waals surface area contributed by atoms with E-state index >= 15 is 0 Å². The normalized spacial score (nSPS) is 12.5. The Morgan fingerprint density at radius 1 is 1.03 bits per heavy atom. The molecule has 0 amide bonds. The van der Waals surface area contributed by atoms with Gasteiger partial charge in [-0.25, -0.2) is 9.48 Å². The summed E-state index contributed by atoms with van der Waals surface area (Å²) >= 11 is 1.54. The molecule has 0 aliphatic carbocycles. The zero-order valence-corrected chi connectivity index (χ0v) is 19.1. The molecule has 0 fully saturated rings. The molecule has 1 atom stereocenters. The number of aryl methyl sites for hydroxylation is 2. The molecular weight excluding hydrogens is 396 g/mol. The average molecular weight is 425 g/mol. The summed E-state index contributed by atoms with van der Waals surface area (Å²) in [5, 5.41) is 4.67. The summed E-state index contributed by atoms with van der Waals surface area (Å²) in [7, 11) is 0. The van der Waals surface area contributed by atoms with Gasteiger partial charge >= 0.3 is 5.97 Å². The summed E-state index contributed by atoms with van der Waals surface area (Å²) in [6.07, 6.45) is -0.756. The summed E-state index contributed by atoms with van der Waals surface area (Å²) in [6, 6.07) is 17.5. The molecular formula is C24H28N2O3S. The minimum Gasteiger partial charge on any atom is -0.479 e. The van der Waals surface area contributed by atoms with Crippen LogP contribution in [0.5, 0.6) is 11.6 Å². The van der Waals surface area contributed by atoms with Crippen LogP contribution in [-0.2, 0) is 10.3 Å². The van der Waals surface area contributed by atoms with Crippen molar-refractivity contribution in [3.8, 4) is 11.6 Å². The van der Waals surface area contributed by atoms with Crippen LogP contribution in [0, 0.1) is 13.8 Å². The van der Waals surface area contributed by atoms with Gasteiger partial charge in [0, 0.05) is 4.90 Å². The molecule has 0 aliphatic rings. The molecule has 6 heteroatoms. The van der Waals surface area contributed by atoms with Gasteiger partial charge in [0.05, 0.1) is 16.1 Å². The molecule has 0 radical (unpaired) electrons. The number of ether oxygens (including phenoxy) is 2. The van der Waals surface area contributed by atoms with Gasteiger partial charge in [0.1, 0.15) is 5.75 Å². The summed E-state index contributed by atoms with van der Waals surface area (Å²) < 4.78 is 13.4. The highest BCUT2D eigenvalue weighted by atomic mass is 32.2. The molecule has 0 aliphatic heterocycles. The number of hydrogen-bond acceptors (Lipinski definition) is 5. The van der Waals surface area contributed by atoms with Crippen LogP contribution in [-0.4, -0.2) is 21.9 Å². The Morgan fingerprint density at radius 3 is 2.27 bits per heavy atom. The number of nitrogens with zero attached hydrogens (tertiary/aromatic N) is 2. The highest BCUT2D eigenvalue weighted by molar-refractivity contribution is 7.99. The van der Waals surface area contributed by atoms with E-state index in [0.29, 0.717) is 11.6 Å². The van der Waals surface area contributed by atoms with Crippen LogP contribution < -0.4 is 9.47 Å². The topological polar surface area (TPSA) is 53.4 Å². The summed E-state index contributed by atoms with van der Waals surface area (Å²) in [5.41, 5.74) is 1.66. The minimum absolute atomic E-state index is 0.351. The largest absolute Gasteiger partial charge is 0.479 e. The third-order valence-corrected chi connectivity index (χ3v) is 5.61. The molecule has 0 bridgehead atoms. The van der Waals surface area contributed by atoms with Crippen molar-refractivity contribution in [3.05, 3.63) is 65.9 Å². The van der Waals surface area contributed by atoms with Crippen LogP contribution in [0.4, 0.5) is 0 Å². The monoisotopic (exact) mass is 424 g/mol. The highest BCUT2D eigenvalue weighted by Crippen LogP contribution is 2.40.